The first kappa shape index (κ1) is 13.9. The van der Waals surface area contributed by atoms with Gasteiger partial charge in [0.05, 0.1) is 16.3 Å². The lowest BCUT2D eigenvalue weighted by molar-refractivity contribution is 0.0931. The van der Waals surface area contributed by atoms with Crippen LogP contribution in [0.4, 0.5) is 0 Å². The van der Waals surface area contributed by atoms with Gasteiger partial charge in [0.2, 0.25) is 0 Å². The van der Waals surface area contributed by atoms with E-state index >= 15 is 0 Å². The highest BCUT2D eigenvalue weighted by atomic mass is 32.1. The van der Waals surface area contributed by atoms with Crippen LogP contribution in [-0.4, -0.2) is 10.5 Å². The molecule has 2 aromatic heterocycles. The van der Waals surface area contributed by atoms with Gasteiger partial charge in [-0.3, -0.25) is 4.79 Å². The Morgan fingerprint density at radius 1 is 1.29 bits per heavy atom. The van der Waals surface area contributed by atoms with E-state index in [2.05, 4.69) is 28.3 Å². The summed E-state index contributed by atoms with van der Waals surface area (Å²) in [5.41, 5.74) is 2.99. The number of fused-ring (bicyclic) bond motifs is 1. The minimum absolute atomic E-state index is 0.00283. The molecule has 0 spiro atoms. The molecule has 2 heterocycles. The van der Waals surface area contributed by atoms with Gasteiger partial charge in [-0.05, 0) is 36.9 Å². The fourth-order valence-corrected chi connectivity index (χ4v) is 3.42. The lowest BCUT2D eigenvalue weighted by Crippen LogP contribution is -2.28. The van der Waals surface area contributed by atoms with Crippen LogP contribution in [0.25, 0.3) is 10.2 Å². The first-order valence-electron chi connectivity index (χ1n) is 7.13. The van der Waals surface area contributed by atoms with E-state index in [-0.39, 0.29) is 11.9 Å². The summed E-state index contributed by atoms with van der Waals surface area (Å²) in [6, 6.07) is 14.1. The molecular weight excluding hydrogens is 280 g/mol. The molecule has 0 saturated carbocycles. The summed E-state index contributed by atoms with van der Waals surface area (Å²) in [7, 11) is 0. The maximum Gasteiger partial charge on any atom is 0.268 e. The van der Waals surface area contributed by atoms with Gasteiger partial charge in [0.15, 0.2) is 0 Å². The smallest absolute Gasteiger partial charge is 0.268 e. The first-order chi connectivity index (χ1) is 10.2. The zero-order valence-corrected chi connectivity index (χ0v) is 13.0. The van der Waals surface area contributed by atoms with Crippen molar-refractivity contribution in [2.24, 2.45) is 0 Å². The summed E-state index contributed by atoms with van der Waals surface area (Å²) in [5.74, 6) is -0.0170. The molecule has 0 radical (unpaired) electrons. The van der Waals surface area contributed by atoms with Crippen LogP contribution in [0.1, 0.15) is 35.9 Å². The average molecular weight is 298 g/mol. The highest BCUT2D eigenvalue weighted by molar-refractivity contribution is 7.17. The SMILES string of the molecule is CCn1c(C(=O)NC(C)c2ccccc2)cc2sccc21. The van der Waals surface area contributed by atoms with Gasteiger partial charge in [-0.25, -0.2) is 0 Å². The molecule has 1 atom stereocenters. The summed E-state index contributed by atoms with van der Waals surface area (Å²) < 4.78 is 3.23. The first-order valence-corrected chi connectivity index (χ1v) is 8.01. The third kappa shape index (κ3) is 2.59. The molecule has 0 aliphatic heterocycles. The molecule has 108 valence electrons. The predicted molar refractivity (Wildman–Crippen MR) is 87.8 cm³/mol. The maximum absolute atomic E-state index is 12.5. The number of aromatic nitrogens is 1. The monoisotopic (exact) mass is 298 g/mol. The van der Waals surface area contributed by atoms with Gasteiger partial charge >= 0.3 is 0 Å². The molecule has 3 nitrogen and oxygen atoms in total. The maximum atomic E-state index is 12.5. The summed E-state index contributed by atoms with van der Waals surface area (Å²) in [5, 5.41) is 5.14. The number of thiophene rings is 1. The molecule has 0 bridgehead atoms. The van der Waals surface area contributed by atoms with Crippen molar-refractivity contribution >= 4 is 27.5 Å². The molecule has 1 aromatic carbocycles. The summed E-state index contributed by atoms with van der Waals surface area (Å²) >= 11 is 1.67. The van der Waals surface area contributed by atoms with E-state index < -0.39 is 0 Å². The Hall–Kier alpha value is -2.07. The fraction of sp³-hybridized carbons (Fsp3) is 0.235. The number of carbonyl (C=O) groups excluding carboxylic acids is 1. The Bertz CT molecular complexity index is 758. The standard InChI is InChI=1S/C17H18N2OS/c1-3-19-14-9-10-21-16(14)11-15(19)17(20)18-12(2)13-7-5-4-6-8-13/h4-12H,3H2,1-2H3,(H,18,20). The van der Waals surface area contributed by atoms with Crippen LogP contribution in [-0.2, 0) is 6.54 Å². The Kier molecular flexibility index (Phi) is 3.80. The Labute approximate surface area is 128 Å². The van der Waals surface area contributed by atoms with Crippen molar-refractivity contribution in [2.75, 3.05) is 0 Å². The highest BCUT2D eigenvalue weighted by Crippen LogP contribution is 2.25. The largest absolute Gasteiger partial charge is 0.344 e. The van der Waals surface area contributed by atoms with Gasteiger partial charge in [0.25, 0.3) is 5.91 Å². The van der Waals surface area contributed by atoms with Crippen molar-refractivity contribution in [1.29, 1.82) is 0 Å². The third-order valence-electron chi connectivity index (χ3n) is 3.72. The van der Waals surface area contributed by atoms with Gasteiger partial charge in [-0.1, -0.05) is 30.3 Å². The second kappa shape index (κ2) is 5.74. The zero-order valence-electron chi connectivity index (χ0n) is 12.2. The topological polar surface area (TPSA) is 34.0 Å². The number of hydrogen-bond acceptors (Lipinski definition) is 2. The Morgan fingerprint density at radius 3 is 2.76 bits per heavy atom. The molecule has 0 aliphatic rings. The average Bonchev–Trinajstić information content (AvgIpc) is 3.08. The van der Waals surface area contributed by atoms with E-state index in [1.54, 1.807) is 11.3 Å². The van der Waals surface area contributed by atoms with Crippen LogP contribution in [0.2, 0.25) is 0 Å². The molecule has 21 heavy (non-hydrogen) atoms. The third-order valence-corrected chi connectivity index (χ3v) is 4.57. The number of hydrogen-bond donors (Lipinski definition) is 1. The van der Waals surface area contributed by atoms with Crippen LogP contribution in [0.3, 0.4) is 0 Å². The number of nitrogens with zero attached hydrogens (tertiary/aromatic N) is 1. The van der Waals surface area contributed by atoms with Crippen LogP contribution < -0.4 is 5.32 Å². The van der Waals surface area contributed by atoms with Crippen molar-refractivity contribution in [1.82, 2.24) is 9.88 Å². The number of rotatable bonds is 4. The van der Waals surface area contributed by atoms with E-state index in [9.17, 15) is 4.79 Å². The fourth-order valence-electron chi connectivity index (χ4n) is 2.60. The van der Waals surface area contributed by atoms with E-state index in [0.29, 0.717) is 0 Å². The second-order valence-corrected chi connectivity index (χ2v) is 6.00. The summed E-state index contributed by atoms with van der Waals surface area (Å²) in [6.07, 6.45) is 0. The molecule has 0 fully saturated rings. The lowest BCUT2D eigenvalue weighted by Gasteiger charge is -2.15. The second-order valence-electron chi connectivity index (χ2n) is 5.05. The van der Waals surface area contributed by atoms with Crippen LogP contribution in [0.5, 0.6) is 0 Å². The summed E-state index contributed by atoms with van der Waals surface area (Å²) in [6.45, 7) is 4.87. The molecule has 3 rings (SSSR count). The van der Waals surface area contributed by atoms with E-state index in [4.69, 9.17) is 0 Å². The molecule has 0 saturated heterocycles. The minimum Gasteiger partial charge on any atom is -0.344 e. The van der Waals surface area contributed by atoms with E-state index in [0.717, 1.165) is 28.0 Å². The van der Waals surface area contributed by atoms with Gasteiger partial charge in [-0.2, -0.15) is 0 Å². The molecule has 3 aromatic rings. The number of carbonyl (C=O) groups is 1. The lowest BCUT2D eigenvalue weighted by atomic mass is 10.1. The Balaban J connectivity index is 1.85. The minimum atomic E-state index is -0.0170. The van der Waals surface area contributed by atoms with Crippen LogP contribution in [0.15, 0.2) is 47.8 Å². The van der Waals surface area contributed by atoms with Crippen LogP contribution >= 0.6 is 11.3 Å². The molecule has 1 unspecified atom stereocenters. The zero-order chi connectivity index (χ0) is 14.8. The highest BCUT2D eigenvalue weighted by Gasteiger charge is 2.17. The quantitative estimate of drug-likeness (QED) is 0.769. The van der Waals surface area contributed by atoms with Crippen molar-refractivity contribution in [3.05, 3.63) is 59.1 Å². The van der Waals surface area contributed by atoms with Gasteiger partial charge in [-0.15, -0.1) is 11.3 Å². The number of benzene rings is 1. The Morgan fingerprint density at radius 2 is 2.05 bits per heavy atom. The molecular formula is C17H18N2OS. The van der Waals surface area contributed by atoms with E-state index in [1.165, 1.54) is 0 Å². The van der Waals surface area contributed by atoms with Crippen molar-refractivity contribution in [3.63, 3.8) is 0 Å². The summed E-state index contributed by atoms with van der Waals surface area (Å²) in [4.78, 5) is 12.5. The predicted octanol–water partition coefficient (Wildman–Crippen LogP) is 4.21. The van der Waals surface area contributed by atoms with Gasteiger partial charge in [0.1, 0.15) is 5.69 Å². The number of nitrogens with one attached hydrogen (secondary N) is 1. The van der Waals surface area contributed by atoms with Gasteiger partial charge in [0, 0.05) is 6.54 Å². The van der Waals surface area contributed by atoms with E-state index in [1.807, 2.05) is 43.3 Å². The van der Waals surface area contributed by atoms with Crippen molar-refractivity contribution < 1.29 is 4.79 Å². The van der Waals surface area contributed by atoms with Crippen molar-refractivity contribution in [2.45, 2.75) is 26.4 Å². The van der Waals surface area contributed by atoms with Gasteiger partial charge < -0.3 is 9.88 Å². The van der Waals surface area contributed by atoms with Crippen LogP contribution in [0, 0.1) is 0 Å². The molecule has 1 N–H and O–H groups in total. The molecule has 4 heteroatoms. The normalized spacial score (nSPS) is 12.5. The van der Waals surface area contributed by atoms with Crippen molar-refractivity contribution in [3.8, 4) is 0 Å². The number of amides is 1. The number of aryl methyl sites for hydroxylation is 1. The molecule has 0 aliphatic carbocycles. The molecule has 1 amide bonds.